The van der Waals surface area contributed by atoms with E-state index in [9.17, 15) is 15.0 Å². The molecular weight excluding hydrogens is 202 g/mol. The smallest absolute Gasteiger partial charge is 0.217 e. The molecule has 0 bridgehead atoms. The van der Waals surface area contributed by atoms with Gasteiger partial charge in [0.1, 0.15) is 12.2 Å². The molecule has 1 rings (SSSR count). The standard InChI is InChI=1S/C9H17NO5/c1-4-7(12)6(10-5(2)11)8(13)9(14-3)15-4/h4,6-9,12-13H,1-3H3,(H,10,11)/t4-,6-,7+,8-,9+/m1/s1. The zero-order chi connectivity index (χ0) is 11.6. The highest BCUT2D eigenvalue weighted by Crippen LogP contribution is 2.21. The number of hydrogen-bond acceptors (Lipinski definition) is 5. The molecule has 1 aliphatic rings. The van der Waals surface area contributed by atoms with E-state index in [0.29, 0.717) is 0 Å². The Morgan fingerprint density at radius 3 is 2.47 bits per heavy atom. The van der Waals surface area contributed by atoms with E-state index in [1.54, 1.807) is 6.92 Å². The van der Waals surface area contributed by atoms with Gasteiger partial charge in [0.25, 0.3) is 0 Å². The van der Waals surface area contributed by atoms with Crippen molar-refractivity contribution in [2.24, 2.45) is 0 Å². The van der Waals surface area contributed by atoms with Crippen LogP contribution in [-0.2, 0) is 14.3 Å². The Bertz CT molecular complexity index is 235. The largest absolute Gasteiger partial charge is 0.388 e. The van der Waals surface area contributed by atoms with Crippen LogP contribution in [0.2, 0.25) is 0 Å². The van der Waals surface area contributed by atoms with E-state index >= 15 is 0 Å². The summed E-state index contributed by atoms with van der Waals surface area (Å²) < 4.78 is 10.1. The maximum atomic E-state index is 10.9. The molecule has 15 heavy (non-hydrogen) atoms. The van der Waals surface area contributed by atoms with Crippen LogP contribution in [-0.4, -0.2) is 53.9 Å². The lowest BCUT2D eigenvalue weighted by molar-refractivity contribution is -0.261. The molecule has 6 nitrogen and oxygen atoms in total. The van der Waals surface area contributed by atoms with Crippen molar-refractivity contribution >= 4 is 5.91 Å². The first kappa shape index (κ1) is 12.4. The molecule has 0 aromatic carbocycles. The molecule has 0 radical (unpaired) electrons. The maximum Gasteiger partial charge on any atom is 0.217 e. The molecule has 1 saturated heterocycles. The lowest BCUT2D eigenvalue weighted by atomic mass is 9.97. The lowest BCUT2D eigenvalue weighted by Crippen LogP contribution is -2.63. The third-order valence-electron chi connectivity index (χ3n) is 2.45. The number of aliphatic hydroxyl groups excluding tert-OH is 2. The fourth-order valence-corrected chi connectivity index (χ4v) is 1.64. The summed E-state index contributed by atoms with van der Waals surface area (Å²) in [6, 6.07) is -0.767. The second-order valence-corrected chi connectivity index (χ2v) is 3.65. The van der Waals surface area contributed by atoms with Gasteiger partial charge in [0.15, 0.2) is 6.29 Å². The van der Waals surface area contributed by atoms with Crippen molar-refractivity contribution in [2.75, 3.05) is 7.11 Å². The van der Waals surface area contributed by atoms with Crippen LogP contribution in [0.4, 0.5) is 0 Å². The second kappa shape index (κ2) is 4.89. The normalized spacial score (nSPS) is 41.3. The third kappa shape index (κ3) is 2.66. The van der Waals surface area contributed by atoms with Crippen LogP contribution in [0.1, 0.15) is 13.8 Å². The Morgan fingerprint density at radius 2 is 2.00 bits per heavy atom. The van der Waals surface area contributed by atoms with Crippen molar-refractivity contribution in [3.63, 3.8) is 0 Å². The molecule has 0 spiro atoms. The van der Waals surface area contributed by atoms with E-state index < -0.39 is 30.6 Å². The van der Waals surface area contributed by atoms with Crippen molar-refractivity contribution in [3.05, 3.63) is 0 Å². The van der Waals surface area contributed by atoms with E-state index in [2.05, 4.69) is 5.32 Å². The van der Waals surface area contributed by atoms with Gasteiger partial charge in [0, 0.05) is 14.0 Å². The number of nitrogens with one attached hydrogen (secondary N) is 1. The predicted molar refractivity (Wildman–Crippen MR) is 51.0 cm³/mol. The van der Waals surface area contributed by atoms with Crippen LogP contribution in [0, 0.1) is 0 Å². The summed E-state index contributed by atoms with van der Waals surface area (Å²) >= 11 is 0. The van der Waals surface area contributed by atoms with Gasteiger partial charge in [-0.05, 0) is 6.92 Å². The highest BCUT2D eigenvalue weighted by molar-refractivity contribution is 5.73. The fourth-order valence-electron chi connectivity index (χ4n) is 1.64. The molecule has 6 heteroatoms. The Hall–Kier alpha value is -0.690. The molecule has 3 N–H and O–H groups in total. The monoisotopic (exact) mass is 219 g/mol. The SMILES string of the molecule is CO[C@H]1O[C@H](C)[C@H](O)[C@@H](NC(C)=O)[C@H]1O. The van der Waals surface area contributed by atoms with Gasteiger partial charge in [-0.25, -0.2) is 0 Å². The molecule has 0 aromatic rings. The van der Waals surface area contributed by atoms with Crippen LogP contribution in [0.25, 0.3) is 0 Å². The van der Waals surface area contributed by atoms with Crippen LogP contribution in [0.3, 0.4) is 0 Å². The van der Waals surface area contributed by atoms with Gasteiger partial charge in [0.05, 0.1) is 12.1 Å². The Kier molecular flexibility index (Phi) is 4.04. The molecule has 1 aliphatic heterocycles. The molecule has 1 amide bonds. The van der Waals surface area contributed by atoms with Gasteiger partial charge in [-0.2, -0.15) is 0 Å². The molecule has 0 unspecified atom stereocenters. The third-order valence-corrected chi connectivity index (χ3v) is 2.45. The number of aliphatic hydroxyl groups is 2. The van der Waals surface area contributed by atoms with Crippen LogP contribution in [0.5, 0.6) is 0 Å². The minimum absolute atomic E-state index is 0.318. The maximum absolute atomic E-state index is 10.9. The van der Waals surface area contributed by atoms with Crippen LogP contribution >= 0.6 is 0 Å². The minimum atomic E-state index is -1.08. The predicted octanol–water partition coefficient (Wildman–Crippen LogP) is -1.40. The number of carbonyl (C=O) groups excluding carboxylic acids is 1. The van der Waals surface area contributed by atoms with E-state index in [-0.39, 0.29) is 5.91 Å². The zero-order valence-corrected chi connectivity index (χ0v) is 9.01. The van der Waals surface area contributed by atoms with Gasteiger partial charge >= 0.3 is 0 Å². The molecule has 88 valence electrons. The number of rotatable bonds is 2. The minimum Gasteiger partial charge on any atom is -0.388 e. The number of hydrogen-bond donors (Lipinski definition) is 3. The molecular formula is C9H17NO5. The average Bonchev–Trinajstić information content (AvgIpc) is 2.18. The fraction of sp³-hybridized carbons (Fsp3) is 0.889. The van der Waals surface area contributed by atoms with E-state index in [4.69, 9.17) is 9.47 Å². The van der Waals surface area contributed by atoms with Crippen molar-refractivity contribution < 1.29 is 24.5 Å². The first-order chi connectivity index (χ1) is 6.97. The van der Waals surface area contributed by atoms with Gasteiger partial charge in [0.2, 0.25) is 5.91 Å². The molecule has 5 atom stereocenters. The number of amides is 1. The van der Waals surface area contributed by atoms with Crippen molar-refractivity contribution in [3.8, 4) is 0 Å². The first-order valence-corrected chi connectivity index (χ1v) is 4.79. The molecule has 1 heterocycles. The van der Waals surface area contributed by atoms with Gasteiger partial charge < -0.3 is 25.0 Å². The van der Waals surface area contributed by atoms with Gasteiger partial charge in [-0.3, -0.25) is 4.79 Å². The van der Waals surface area contributed by atoms with E-state index in [1.165, 1.54) is 14.0 Å². The summed E-state index contributed by atoms with van der Waals surface area (Å²) in [5.74, 6) is -0.318. The van der Waals surface area contributed by atoms with E-state index in [0.717, 1.165) is 0 Å². The van der Waals surface area contributed by atoms with Crippen molar-refractivity contribution in [1.29, 1.82) is 0 Å². The van der Waals surface area contributed by atoms with E-state index in [1.807, 2.05) is 0 Å². The number of ether oxygens (including phenoxy) is 2. The summed E-state index contributed by atoms with van der Waals surface area (Å²) in [6.07, 6.45) is -3.36. The molecule has 0 saturated carbocycles. The van der Waals surface area contributed by atoms with Gasteiger partial charge in [-0.1, -0.05) is 0 Å². The molecule has 0 aliphatic carbocycles. The summed E-state index contributed by atoms with van der Waals surface area (Å²) in [4.78, 5) is 10.9. The summed E-state index contributed by atoms with van der Waals surface area (Å²) in [6.45, 7) is 2.97. The van der Waals surface area contributed by atoms with Gasteiger partial charge in [-0.15, -0.1) is 0 Å². The summed E-state index contributed by atoms with van der Waals surface area (Å²) in [5.41, 5.74) is 0. The van der Waals surface area contributed by atoms with Crippen LogP contribution < -0.4 is 5.32 Å². The highest BCUT2D eigenvalue weighted by atomic mass is 16.7. The second-order valence-electron chi connectivity index (χ2n) is 3.65. The molecule has 0 aromatic heterocycles. The molecule has 1 fully saturated rings. The Balaban J connectivity index is 2.74. The topological polar surface area (TPSA) is 88.0 Å². The van der Waals surface area contributed by atoms with Crippen molar-refractivity contribution in [1.82, 2.24) is 5.32 Å². The quantitative estimate of drug-likeness (QED) is 0.532. The first-order valence-electron chi connectivity index (χ1n) is 4.79. The Labute approximate surface area is 88.2 Å². The summed E-state index contributed by atoms with van der Waals surface area (Å²) in [7, 11) is 1.39. The summed E-state index contributed by atoms with van der Waals surface area (Å²) in [5, 5.41) is 21.9. The van der Waals surface area contributed by atoms with Crippen molar-refractivity contribution in [2.45, 2.75) is 44.5 Å². The Morgan fingerprint density at radius 1 is 1.40 bits per heavy atom. The number of carbonyl (C=O) groups is 1. The number of methoxy groups -OCH3 is 1. The zero-order valence-electron chi connectivity index (χ0n) is 9.01. The average molecular weight is 219 g/mol. The highest BCUT2D eigenvalue weighted by Gasteiger charge is 2.43. The lowest BCUT2D eigenvalue weighted by Gasteiger charge is -2.41. The van der Waals surface area contributed by atoms with Crippen LogP contribution in [0.15, 0.2) is 0 Å².